The van der Waals surface area contributed by atoms with E-state index in [-0.39, 0.29) is 15.6 Å². The summed E-state index contributed by atoms with van der Waals surface area (Å²) in [6, 6.07) is 0.960. The molecule has 8 nitrogen and oxygen atoms in total. The van der Waals surface area contributed by atoms with Gasteiger partial charge in [-0.25, -0.2) is 19.1 Å². The number of carbonyl (C=O) groups is 2. The molecule has 0 spiro atoms. The number of benzene rings is 1. The summed E-state index contributed by atoms with van der Waals surface area (Å²) in [5.41, 5.74) is 1.72. The molecule has 11 heteroatoms. The molecule has 0 aliphatic rings. The molecule has 4 N–H and O–H groups in total. The molecule has 1 aromatic rings. The van der Waals surface area contributed by atoms with Gasteiger partial charge in [0.1, 0.15) is 10.9 Å². The SMILES string of the molecule is COC(=O)c1cc(S(=O)(=O)N[C@H](C(=O)NN)C(C)C)c(Cl)cc1Cl. The van der Waals surface area contributed by atoms with E-state index in [2.05, 4.69) is 9.46 Å². The summed E-state index contributed by atoms with van der Waals surface area (Å²) in [7, 11) is -3.11. The van der Waals surface area contributed by atoms with Crippen LogP contribution in [0.4, 0.5) is 0 Å². The largest absolute Gasteiger partial charge is 0.465 e. The fourth-order valence-corrected chi connectivity index (χ4v) is 4.01. The molecule has 1 rings (SSSR count). The van der Waals surface area contributed by atoms with Gasteiger partial charge < -0.3 is 4.74 Å². The Morgan fingerprint density at radius 2 is 1.79 bits per heavy atom. The highest BCUT2D eigenvalue weighted by atomic mass is 35.5. The Bertz CT molecular complexity index is 752. The Kier molecular flexibility index (Phi) is 6.99. The molecule has 134 valence electrons. The predicted molar refractivity (Wildman–Crippen MR) is 89.1 cm³/mol. The number of carbonyl (C=O) groups excluding carboxylic acids is 2. The van der Waals surface area contributed by atoms with Gasteiger partial charge in [0.25, 0.3) is 5.91 Å². The molecule has 0 bridgehead atoms. The minimum atomic E-state index is -4.24. The Balaban J connectivity index is 3.37. The van der Waals surface area contributed by atoms with Crippen LogP contribution in [0, 0.1) is 5.92 Å². The molecule has 0 heterocycles. The van der Waals surface area contributed by atoms with Crippen molar-refractivity contribution in [3.63, 3.8) is 0 Å². The smallest absolute Gasteiger partial charge is 0.339 e. The Morgan fingerprint density at radius 3 is 2.25 bits per heavy atom. The third-order valence-electron chi connectivity index (χ3n) is 3.09. The highest BCUT2D eigenvalue weighted by molar-refractivity contribution is 7.89. The van der Waals surface area contributed by atoms with Gasteiger partial charge in [0.2, 0.25) is 10.0 Å². The van der Waals surface area contributed by atoms with Crippen LogP contribution >= 0.6 is 23.2 Å². The first-order chi connectivity index (χ1) is 11.0. The number of nitrogens with one attached hydrogen (secondary N) is 2. The van der Waals surface area contributed by atoms with E-state index in [1.807, 2.05) is 5.43 Å². The minimum absolute atomic E-state index is 0.0640. The van der Waals surface area contributed by atoms with Gasteiger partial charge in [-0.15, -0.1) is 0 Å². The molecule has 24 heavy (non-hydrogen) atoms. The molecule has 0 aromatic heterocycles. The third kappa shape index (κ3) is 4.58. The van der Waals surface area contributed by atoms with Crippen molar-refractivity contribution in [2.24, 2.45) is 11.8 Å². The number of rotatable bonds is 6. The van der Waals surface area contributed by atoms with E-state index in [1.165, 1.54) is 0 Å². The number of hydrogen-bond donors (Lipinski definition) is 3. The molecular weight excluding hydrogens is 381 g/mol. The lowest BCUT2D eigenvalue weighted by molar-refractivity contribution is -0.123. The lowest BCUT2D eigenvalue weighted by Crippen LogP contribution is -2.51. The van der Waals surface area contributed by atoms with Crippen LogP contribution in [-0.2, 0) is 19.6 Å². The third-order valence-corrected chi connectivity index (χ3v) is 5.31. The molecule has 0 saturated carbocycles. The molecule has 0 aliphatic heterocycles. The van der Waals surface area contributed by atoms with Gasteiger partial charge in [-0.2, -0.15) is 4.72 Å². The summed E-state index contributed by atoms with van der Waals surface area (Å²) in [6.07, 6.45) is 0. The van der Waals surface area contributed by atoms with Crippen LogP contribution in [0.25, 0.3) is 0 Å². The topological polar surface area (TPSA) is 128 Å². The van der Waals surface area contributed by atoms with Crippen molar-refractivity contribution in [1.82, 2.24) is 10.1 Å². The first-order valence-electron chi connectivity index (χ1n) is 6.65. The first-order valence-corrected chi connectivity index (χ1v) is 8.89. The van der Waals surface area contributed by atoms with E-state index in [0.29, 0.717) is 0 Å². The summed E-state index contributed by atoms with van der Waals surface area (Å²) in [4.78, 5) is 23.0. The summed E-state index contributed by atoms with van der Waals surface area (Å²) in [5.74, 6) is 3.13. The maximum absolute atomic E-state index is 12.6. The van der Waals surface area contributed by atoms with E-state index in [1.54, 1.807) is 13.8 Å². The number of ether oxygens (including phenoxy) is 1. The molecule has 0 unspecified atom stereocenters. The zero-order valence-electron chi connectivity index (χ0n) is 13.1. The van der Waals surface area contributed by atoms with Gasteiger partial charge in [-0.1, -0.05) is 37.0 Å². The van der Waals surface area contributed by atoms with E-state index in [0.717, 1.165) is 19.2 Å². The minimum Gasteiger partial charge on any atom is -0.465 e. The lowest BCUT2D eigenvalue weighted by atomic mass is 10.1. The van der Waals surface area contributed by atoms with Gasteiger partial charge in [-0.05, 0) is 18.1 Å². The van der Waals surface area contributed by atoms with Crippen molar-refractivity contribution >= 4 is 45.1 Å². The van der Waals surface area contributed by atoms with E-state index >= 15 is 0 Å². The molecule has 1 amide bonds. The summed E-state index contributed by atoms with van der Waals surface area (Å²) >= 11 is 11.8. The fourth-order valence-electron chi connectivity index (χ4n) is 1.81. The van der Waals surface area contributed by atoms with Crippen molar-refractivity contribution < 1.29 is 22.7 Å². The van der Waals surface area contributed by atoms with Crippen LogP contribution < -0.4 is 16.0 Å². The van der Waals surface area contributed by atoms with Crippen molar-refractivity contribution in [2.45, 2.75) is 24.8 Å². The second-order valence-corrected chi connectivity index (χ2v) is 7.60. The van der Waals surface area contributed by atoms with Crippen LogP contribution in [0.1, 0.15) is 24.2 Å². The van der Waals surface area contributed by atoms with Crippen LogP contribution in [0.15, 0.2) is 17.0 Å². The van der Waals surface area contributed by atoms with Gasteiger partial charge in [0.15, 0.2) is 0 Å². The number of halogens is 2. The number of methoxy groups -OCH3 is 1. The number of amides is 1. The summed E-state index contributed by atoms with van der Waals surface area (Å²) in [5, 5.41) is -0.276. The van der Waals surface area contributed by atoms with Crippen molar-refractivity contribution in [3.8, 4) is 0 Å². The van der Waals surface area contributed by atoms with Crippen molar-refractivity contribution in [2.75, 3.05) is 7.11 Å². The zero-order valence-corrected chi connectivity index (χ0v) is 15.4. The molecule has 0 radical (unpaired) electrons. The van der Waals surface area contributed by atoms with Gasteiger partial charge in [0.05, 0.1) is 22.7 Å². The number of nitrogens with two attached hydrogens (primary N) is 1. The second-order valence-electron chi connectivity index (χ2n) is 5.11. The molecule has 1 atom stereocenters. The molecule has 0 saturated heterocycles. The predicted octanol–water partition coefficient (Wildman–Crippen LogP) is 1.07. The fraction of sp³-hybridized carbons (Fsp3) is 0.385. The van der Waals surface area contributed by atoms with Gasteiger partial charge in [0, 0.05) is 0 Å². The number of hydrogen-bond acceptors (Lipinski definition) is 6. The summed E-state index contributed by atoms with van der Waals surface area (Å²) in [6.45, 7) is 3.26. The van der Waals surface area contributed by atoms with Gasteiger partial charge in [-0.3, -0.25) is 10.2 Å². The Hall–Kier alpha value is -1.39. The van der Waals surface area contributed by atoms with E-state index in [4.69, 9.17) is 29.0 Å². The van der Waals surface area contributed by atoms with Crippen molar-refractivity contribution in [3.05, 3.63) is 27.7 Å². The maximum Gasteiger partial charge on any atom is 0.339 e. The van der Waals surface area contributed by atoms with Crippen LogP contribution in [0.5, 0.6) is 0 Å². The highest BCUT2D eigenvalue weighted by Gasteiger charge is 2.30. The normalized spacial score (nSPS) is 12.8. The molecular formula is C13H17Cl2N3O5S. The zero-order chi connectivity index (χ0) is 18.7. The Morgan fingerprint density at radius 1 is 1.21 bits per heavy atom. The molecule has 0 aliphatic carbocycles. The average molecular weight is 398 g/mol. The number of esters is 1. The van der Waals surface area contributed by atoms with Crippen molar-refractivity contribution in [1.29, 1.82) is 0 Å². The standard InChI is InChI=1S/C13H17Cl2N3O5S/c1-6(2)11(12(19)17-16)18-24(21,22)10-4-7(13(20)23-3)8(14)5-9(10)15/h4-6,11,18H,16H2,1-3H3,(H,17,19)/t11-/m0/s1. The van der Waals surface area contributed by atoms with Gasteiger partial charge >= 0.3 is 5.97 Å². The van der Waals surface area contributed by atoms with Crippen LogP contribution in [0.3, 0.4) is 0 Å². The average Bonchev–Trinajstić information content (AvgIpc) is 2.50. The van der Waals surface area contributed by atoms with Crippen LogP contribution in [0.2, 0.25) is 10.0 Å². The first kappa shape index (κ1) is 20.7. The number of sulfonamides is 1. The molecule has 1 aromatic carbocycles. The van der Waals surface area contributed by atoms with Crippen LogP contribution in [-0.4, -0.2) is 33.4 Å². The number of hydrazine groups is 1. The lowest BCUT2D eigenvalue weighted by Gasteiger charge is -2.21. The van der Waals surface area contributed by atoms with E-state index < -0.39 is 38.8 Å². The Labute approximate surface area is 149 Å². The quantitative estimate of drug-likeness (QED) is 0.285. The maximum atomic E-state index is 12.6. The second kappa shape index (κ2) is 8.13. The van der Waals surface area contributed by atoms with E-state index in [9.17, 15) is 18.0 Å². The monoisotopic (exact) mass is 397 g/mol. The summed E-state index contributed by atoms with van der Waals surface area (Å²) < 4.78 is 31.8. The molecule has 0 fully saturated rings. The highest BCUT2D eigenvalue weighted by Crippen LogP contribution is 2.29.